The molecule has 0 aromatic carbocycles. The number of nitrogens with zero attached hydrogens (tertiary/aromatic N) is 4. The normalized spacial score (nSPS) is 17.8. The molecule has 1 atom stereocenters. The molecule has 1 aliphatic heterocycles. The number of ether oxygens (including phenoxy) is 1. The number of fused-ring (bicyclic) bond motifs is 1. The summed E-state index contributed by atoms with van der Waals surface area (Å²) in [7, 11) is 1.56. The van der Waals surface area contributed by atoms with Crippen molar-refractivity contribution in [3.8, 4) is 17.3 Å². The van der Waals surface area contributed by atoms with Crippen LogP contribution in [0, 0.1) is 0 Å². The quantitative estimate of drug-likeness (QED) is 0.669. The Morgan fingerprint density at radius 2 is 2.21 bits per heavy atom. The lowest BCUT2D eigenvalue weighted by Crippen LogP contribution is -2.38. The smallest absolute Gasteiger partial charge is 0.318 e. The van der Waals surface area contributed by atoms with Crippen LogP contribution in [0.25, 0.3) is 22.4 Å². The van der Waals surface area contributed by atoms with E-state index in [1.54, 1.807) is 19.5 Å². The van der Waals surface area contributed by atoms with Crippen LogP contribution in [0.5, 0.6) is 6.01 Å². The molecule has 3 aromatic heterocycles. The fourth-order valence-electron chi connectivity index (χ4n) is 2.89. The van der Waals surface area contributed by atoms with Crippen molar-refractivity contribution in [3.05, 3.63) is 24.7 Å². The summed E-state index contributed by atoms with van der Waals surface area (Å²) in [5.41, 5.74) is 3.13. The average Bonchev–Trinajstić information content (AvgIpc) is 3.10. The Kier molecular flexibility index (Phi) is 3.96. The third kappa shape index (κ3) is 2.88. The van der Waals surface area contributed by atoms with Gasteiger partial charge < -0.3 is 20.4 Å². The molecule has 0 saturated carbocycles. The average molecular weight is 325 g/mol. The van der Waals surface area contributed by atoms with Crippen LogP contribution in [0.2, 0.25) is 0 Å². The van der Waals surface area contributed by atoms with Gasteiger partial charge in [-0.15, -0.1) is 0 Å². The molecule has 1 aliphatic rings. The fraction of sp³-hybridized carbons (Fsp3) is 0.375. The van der Waals surface area contributed by atoms with Gasteiger partial charge in [0.05, 0.1) is 24.6 Å². The molecule has 0 amide bonds. The van der Waals surface area contributed by atoms with Crippen LogP contribution >= 0.6 is 0 Å². The van der Waals surface area contributed by atoms with E-state index in [4.69, 9.17) is 4.74 Å². The summed E-state index contributed by atoms with van der Waals surface area (Å²) in [5, 5.41) is 6.89. The maximum absolute atomic E-state index is 5.17. The van der Waals surface area contributed by atoms with Gasteiger partial charge in [-0.25, -0.2) is 15.0 Å². The molecule has 0 unspecified atom stereocenters. The van der Waals surface area contributed by atoms with Crippen molar-refractivity contribution in [2.24, 2.45) is 0 Å². The number of nitrogens with one attached hydrogen (secondary N) is 3. The minimum Gasteiger partial charge on any atom is -0.467 e. The lowest BCUT2D eigenvalue weighted by Gasteiger charge is -2.25. The Hall–Kier alpha value is -2.74. The Morgan fingerprint density at radius 1 is 1.25 bits per heavy atom. The van der Waals surface area contributed by atoms with Crippen molar-refractivity contribution in [1.29, 1.82) is 0 Å². The summed E-state index contributed by atoms with van der Waals surface area (Å²) in [6.45, 7) is 1.97. The first-order valence-corrected chi connectivity index (χ1v) is 8.02. The van der Waals surface area contributed by atoms with Gasteiger partial charge in [0.25, 0.3) is 0 Å². The van der Waals surface area contributed by atoms with Crippen molar-refractivity contribution < 1.29 is 4.74 Å². The standard InChI is InChI=1S/C16H19N7O/c1-24-16-20-8-11(13-9-19-15-12(22-13)4-6-18-15)14(23-16)21-10-3-2-5-17-7-10/h4,6,8-10,17H,2-3,5,7H2,1H3,(H,18,19)(H,20,21,23)/t10-/m0/s1. The number of piperidine rings is 1. The topological polar surface area (TPSA) is 101 Å². The highest BCUT2D eigenvalue weighted by atomic mass is 16.5. The van der Waals surface area contributed by atoms with Gasteiger partial charge in [0.15, 0.2) is 5.65 Å². The Morgan fingerprint density at radius 3 is 3.04 bits per heavy atom. The van der Waals surface area contributed by atoms with E-state index in [1.807, 2.05) is 12.3 Å². The Balaban J connectivity index is 1.72. The number of hydrogen-bond donors (Lipinski definition) is 3. The second kappa shape index (κ2) is 6.40. The maximum Gasteiger partial charge on any atom is 0.318 e. The molecule has 3 aromatic rings. The second-order valence-electron chi connectivity index (χ2n) is 5.77. The molecule has 124 valence electrons. The van der Waals surface area contributed by atoms with Crippen molar-refractivity contribution >= 4 is 17.0 Å². The number of hydrogen-bond acceptors (Lipinski definition) is 7. The summed E-state index contributed by atoms with van der Waals surface area (Å²) >= 11 is 0. The van der Waals surface area contributed by atoms with Gasteiger partial charge in [-0.2, -0.15) is 4.98 Å². The molecule has 0 spiro atoms. The van der Waals surface area contributed by atoms with Crippen molar-refractivity contribution in [2.45, 2.75) is 18.9 Å². The van der Waals surface area contributed by atoms with E-state index in [0.29, 0.717) is 12.1 Å². The second-order valence-corrected chi connectivity index (χ2v) is 5.77. The van der Waals surface area contributed by atoms with E-state index in [9.17, 15) is 0 Å². The summed E-state index contributed by atoms with van der Waals surface area (Å²) in [6.07, 6.45) is 7.53. The van der Waals surface area contributed by atoms with Crippen LogP contribution in [0.1, 0.15) is 12.8 Å². The zero-order valence-electron chi connectivity index (χ0n) is 13.4. The number of aromatic nitrogens is 5. The predicted octanol–water partition coefficient (Wildman–Crippen LogP) is 1.59. The summed E-state index contributed by atoms with van der Waals surface area (Å²) in [6, 6.07) is 2.55. The SMILES string of the molecule is COc1ncc(-c2cnc3[nH]ccc3n2)c(N[C@H]2CCCNC2)n1. The Bertz CT molecular complexity index is 841. The molecule has 4 rings (SSSR count). The molecule has 1 saturated heterocycles. The molecule has 0 bridgehead atoms. The molecular formula is C16H19N7O. The highest BCUT2D eigenvalue weighted by Gasteiger charge is 2.18. The van der Waals surface area contributed by atoms with Crippen molar-refractivity contribution in [3.63, 3.8) is 0 Å². The molecule has 0 aliphatic carbocycles. The predicted molar refractivity (Wildman–Crippen MR) is 91.0 cm³/mol. The van der Waals surface area contributed by atoms with Gasteiger partial charge in [-0.1, -0.05) is 0 Å². The first-order chi connectivity index (χ1) is 11.8. The third-order valence-corrected chi connectivity index (χ3v) is 4.12. The highest BCUT2D eigenvalue weighted by molar-refractivity contribution is 5.78. The zero-order valence-corrected chi connectivity index (χ0v) is 13.4. The number of H-pyrrole nitrogens is 1. The lowest BCUT2D eigenvalue weighted by molar-refractivity contribution is 0.380. The summed E-state index contributed by atoms with van der Waals surface area (Å²) < 4.78 is 5.17. The van der Waals surface area contributed by atoms with Crippen LogP contribution in [-0.2, 0) is 0 Å². The number of rotatable bonds is 4. The third-order valence-electron chi connectivity index (χ3n) is 4.12. The molecule has 4 heterocycles. The van der Waals surface area contributed by atoms with E-state index in [1.165, 1.54) is 0 Å². The van der Waals surface area contributed by atoms with Crippen LogP contribution in [0.3, 0.4) is 0 Å². The van der Waals surface area contributed by atoms with E-state index < -0.39 is 0 Å². The summed E-state index contributed by atoms with van der Waals surface area (Å²) in [4.78, 5) is 20.8. The van der Waals surface area contributed by atoms with Gasteiger partial charge in [-0.3, -0.25) is 0 Å². The van der Waals surface area contributed by atoms with Crippen molar-refractivity contribution in [2.75, 3.05) is 25.5 Å². The monoisotopic (exact) mass is 325 g/mol. The van der Waals surface area contributed by atoms with E-state index in [-0.39, 0.29) is 0 Å². The molecule has 24 heavy (non-hydrogen) atoms. The van der Waals surface area contributed by atoms with E-state index >= 15 is 0 Å². The number of aromatic amines is 1. The van der Waals surface area contributed by atoms with Gasteiger partial charge >= 0.3 is 6.01 Å². The molecular weight excluding hydrogens is 306 g/mol. The van der Waals surface area contributed by atoms with Crippen molar-refractivity contribution in [1.82, 2.24) is 30.2 Å². The lowest BCUT2D eigenvalue weighted by atomic mass is 10.1. The largest absolute Gasteiger partial charge is 0.467 e. The molecule has 8 nitrogen and oxygen atoms in total. The minimum atomic E-state index is 0.320. The van der Waals surface area contributed by atoms with Gasteiger partial charge in [-0.05, 0) is 25.5 Å². The highest BCUT2D eigenvalue weighted by Crippen LogP contribution is 2.27. The molecule has 3 N–H and O–H groups in total. The van der Waals surface area contributed by atoms with E-state index in [0.717, 1.165) is 54.2 Å². The Labute approximate surface area is 139 Å². The minimum absolute atomic E-state index is 0.320. The summed E-state index contributed by atoms with van der Waals surface area (Å²) in [5.74, 6) is 0.722. The van der Waals surface area contributed by atoms with Crippen LogP contribution in [-0.4, -0.2) is 51.2 Å². The number of anilines is 1. The first kappa shape index (κ1) is 14.8. The van der Waals surface area contributed by atoms with Gasteiger partial charge in [0.1, 0.15) is 11.3 Å². The first-order valence-electron chi connectivity index (χ1n) is 8.02. The van der Waals surface area contributed by atoms with E-state index in [2.05, 4.69) is 35.6 Å². The maximum atomic E-state index is 5.17. The van der Waals surface area contributed by atoms with Crippen LogP contribution in [0.4, 0.5) is 5.82 Å². The molecule has 8 heteroatoms. The molecule has 0 radical (unpaired) electrons. The van der Waals surface area contributed by atoms with Crippen LogP contribution < -0.4 is 15.4 Å². The fourth-order valence-corrected chi connectivity index (χ4v) is 2.89. The molecule has 1 fully saturated rings. The number of methoxy groups -OCH3 is 1. The zero-order chi connectivity index (χ0) is 16.4. The van der Waals surface area contributed by atoms with Crippen LogP contribution in [0.15, 0.2) is 24.7 Å². The van der Waals surface area contributed by atoms with Gasteiger partial charge in [0.2, 0.25) is 0 Å². The van der Waals surface area contributed by atoms with Gasteiger partial charge in [0, 0.05) is 25.0 Å².